The van der Waals surface area contributed by atoms with Crippen molar-refractivity contribution in [2.45, 2.75) is 33.1 Å². The number of nitrogens with one attached hydrogen (secondary N) is 1. The van der Waals surface area contributed by atoms with Gasteiger partial charge in [-0.15, -0.1) is 11.3 Å². The molecule has 2 rings (SSSR count). The molecule has 0 radical (unpaired) electrons. The average molecular weight is 261 g/mol. The molecule has 0 unspecified atom stereocenters. The van der Waals surface area contributed by atoms with Gasteiger partial charge in [-0.3, -0.25) is 4.98 Å². The van der Waals surface area contributed by atoms with Crippen LogP contribution in [0.15, 0.2) is 23.7 Å². The molecule has 18 heavy (non-hydrogen) atoms. The first-order valence-electron chi connectivity index (χ1n) is 6.07. The highest BCUT2D eigenvalue weighted by atomic mass is 32.1. The molecule has 0 aliphatic heterocycles. The van der Waals surface area contributed by atoms with Crippen LogP contribution in [0.25, 0.3) is 0 Å². The second kappa shape index (κ2) is 5.06. The van der Waals surface area contributed by atoms with Crippen molar-refractivity contribution in [1.82, 2.24) is 9.97 Å². The highest BCUT2D eigenvalue weighted by Gasteiger charge is 2.21. The lowest BCUT2D eigenvalue weighted by Gasteiger charge is -2.24. The molecule has 4 heteroatoms. The maximum atomic E-state index is 4.49. The SMILES string of the molecule is Cc1cnc(C)c(NCC(C)(C)c2cccs2)n1. The van der Waals surface area contributed by atoms with Crippen molar-refractivity contribution in [3.63, 3.8) is 0 Å². The number of aryl methyl sites for hydroxylation is 2. The predicted octanol–water partition coefficient (Wildman–Crippen LogP) is 3.54. The standard InChI is InChI=1S/C14H19N3S/c1-10-8-15-11(2)13(17-10)16-9-14(3,4)12-6-5-7-18-12/h5-8H,9H2,1-4H3,(H,16,17). The Morgan fingerprint density at radius 3 is 2.78 bits per heavy atom. The minimum atomic E-state index is 0.103. The quantitative estimate of drug-likeness (QED) is 0.914. The molecule has 2 heterocycles. The fourth-order valence-electron chi connectivity index (χ4n) is 1.76. The smallest absolute Gasteiger partial charge is 0.147 e. The van der Waals surface area contributed by atoms with Crippen molar-refractivity contribution in [3.05, 3.63) is 40.0 Å². The van der Waals surface area contributed by atoms with E-state index in [-0.39, 0.29) is 5.41 Å². The molecule has 0 saturated heterocycles. The molecule has 3 nitrogen and oxygen atoms in total. The van der Waals surface area contributed by atoms with Gasteiger partial charge in [-0.2, -0.15) is 0 Å². The Bertz CT molecular complexity index is 518. The van der Waals surface area contributed by atoms with Crippen LogP contribution in [-0.2, 0) is 5.41 Å². The minimum absolute atomic E-state index is 0.103. The van der Waals surface area contributed by atoms with Crippen LogP contribution in [0.5, 0.6) is 0 Å². The van der Waals surface area contributed by atoms with Crippen molar-refractivity contribution in [3.8, 4) is 0 Å². The summed E-state index contributed by atoms with van der Waals surface area (Å²) in [4.78, 5) is 10.2. The Morgan fingerprint density at radius 1 is 1.33 bits per heavy atom. The Kier molecular flexibility index (Phi) is 3.66. The number of anilines is 1. The van der Waals surface area contributed by atoms with E-state index in [9.17, 15) is 0 Å². The maximum Gasteiger partial charge on any atom is 0.147 e. The summed E-state index contributed by atoms with van der Waals surface area (Å²) >= 11 is 1.80. The molecule has 0 aliphatic carbocycles. The molecule has 1 N–H and O–H groups in total. The Morgan fingerprint density at radius 2 is 2.11 bits per heavy atom. The van der Waals surface area contributed by atoms with Crippen LogP contribution in [0.1, 0.15) is 30.1 Å². The number of aromatic nitrogens is 2. The highest BCUT2D eigenvalue weighted by Crippen LogP contribution is 2.27. The zero-order valence-corrected chi connectivity index (χ0v) is 12.1. The van der Waals surface area contributed by atoms with E-state index in [1.165, 1.54) is 4.88 Å². The van der Waals surface area contributed by atoms with E-state index in [0.717, 1.165) is 23.8 Å². The van der Waals surface area contributed by atoms with Gasteiger partial charge in [0.2, 0.25) is 0 Å². The average Bonchev–Trinajstić information content (AvgIpc) is 2.85. The van der Waals surface area contributed by atoms with Crippen molar-refractivity contribution in [2.75, 3.05) is 11.9 Å². The van der Waals surface area contributed by atoms with Gasteiger partial charge in [0.25, 0.3) is 0 Å². The van der Waals surface area contributed by atoms with Crippen molar-refractivity contribution < 1.29 is 0 Å². The first-order chi connectivity index (χ1) is 8.49. The van der Waals surface area contributed by atoms with E-state index in [1.807, 2.05) is 13.8 Å². The van der Waals surface area contributed by atoms with E-state index >= 15 is 0 Å². The van der Waals surface area contributed by atoms with Gasteiger partial charge in [0.1, 0.15) is 5.82 Å². The Hall–Kier alpha value is -1.42. The molecule has 2 aromatic heterocycles. The molecule has 0 fully saturated rings. The fraction of sp³-hybridized carbons (Fsp3) is 0.429. The molecule has 0 saturated carbocycles. The van der Waals surface area contributed by atoms with E-state index in [1.54, 1.807) is 17.5 Å². The van der Waals surface area contributed by atoms with Crippen LogP contribution in [0.3, 0.4) is 0 Å². The zero-order valence-electron chi connectivity index (χ0n) is 11.3. The summed E-state index contributed by atoms with van der Waals surface area (Å²) in [5, 5.41) is 5.54. The van der Waals surface area contributed by atoms with Crippen molar-refractivity contribution >= 4 is 17.2 Å². The molecule has 0 spiro atoms. The largest absolute Gasteiger partial charge is 0.368 e. The molecule has 96 valence electrons. The topological polar surface area (TPSA) is 37.8 Å². The van der Waals surface area contributed by atoms with Crippen molar-refractivity contribution in [2.24, 2.45) is 0 Å². The molecule has 0 bridgehead atoms. The summed E-state index contributed by atoms with van der Waals surface area (Å²) in [6.07, 6.45) is 1.80. The van der Waals surface area contributed by atoms with E-state index in [2.05, 4.69) is 46.6 Å². The van der Waals surface area contributed by atoms with Crippen LogP contribution in [0, 0.1) is 13.8 Å². The maximum absolute atomic E-state index is 4.49. The van der Waals surface area contributed by atoms with Gasteiger partial charge in [-0.1, -0.05) is 19.9 Å². The minimum Gasteiger partial charge on any atom is -0.368 e. The van der Waals surface area contributed by atoms with Gasteiger partial charge in [0, 0.05) is 23.0 Å². The molecular formula is C14H19N3S. The van der Waals surface area contributed by atoms with Crippen molar-refractivity contribution in [1.29, 1.82) is 0 Å². The summed E-state index contributed by atoms with van der Waals surface area (Å²) < 4.78 is 0. The lowest BCUT2D eigenvalue weighted by atomic mass is 9.91. The first kappa shape index (κ1) is 13.0. The van der Waals surface area contributed by atoms with E-state index in [0.29, 0.717) is 0 Å². The third-order valence-electron chi connectivity index (χ3n) is 2.96. The number of hydrogen-bond acceptors (Lipinski definition) is 4. The van der Waals surface area contributed by atoms with Gasteiger partial charge in [-0.05, 0) is 25.3 Å². The Labute approximate surface area is 112 Å². The normalized spacial score (nSPS) is 11.6. The molecular weight excluding hydrogens is 242 g/mol. The van der Waals surface area contributed by atoms with Gasteiger partial charge in [0.05, 0.1) is 11.4 Å². The number of thiophene rings is 1. The van der Waals surface area contributed by atoms with Crippen LogP contribution < -0.4 is 5.32 Å². The molecule has 0 amide bonds. The third kappa shape index (κ3) is 2.88. The zero-order chi connectivity index (χ0) is 13.2. The number of hydrogen-bond donors (Lipinski definition) is 1. The van der Waals surface area contributed by atoms with Crippen LogP contribution in [-0.4, -0.2) is 16.5 Å². The highest BCUT2D eigenvalue weighted by molar-refractivity contribution is 7.10. The van der Waals surface area contributed by atoms with Gasteiger partial charge < -0.3 is 5.32 Å². The summed E-state index contributed by atoms with van der Waals surface area (Å²) in [5.74, 6) is 0.889. The summed E-state index contributed by atoms with van der Waals surface area (Å²) in [6.45, 7) is 9.27. The lowest BCUT2D eigenvalue weighted by Crippen LogP contribution is -2.27. The molecule has 2 aromatic rings. The second-order valence-corrected chi connectivity index (χ2v) is 6.11. The summed E-state index contributed by atoms with van der Waals surface area (Å²) in [7, 11) is 0. The van der Waals surface area contributed by atoms with Gasteiger partial charge in [-0.25, -0.2) is 4.98 Å². The van der Waals surface area contributed by atoms with Gasteiger partial charge >= 0.3 is 0 Å². The fourth-order valence-corrected chi connectivity index (χ4v) is 2.61. The number of nitrogens with zero attached hydrogens (tertiary/aromatic N) is 2. The second-order valence-electron chi connectivity index (χ2n) is 5.16. The van der Waals surface area contributed by atoms with Crippen LogP contribution in [0.2, 0.25) is 0 Å². The van der Waals surface area contributed by atoms with Crippen LogP contribution in [0.4, 0.5) is 5.82 Å². The molecule has 0 aliphatic rings. The third-order valence-corrected chi connectivity index (χ3v) is 4.20. The first-order valence-corrected chi connectivity index (χ1v) is 6.95. The molecule has 0 aromatic carbocycles. The van der Waals surface area contributed by atoms with Crippen LogP contribution >= 0.6 is 11.3 Å². The Balaban J connectivity index is 2.09. The summed E-state index contributed by atoms with van der Waals surface area (Å²) in [5.41, 5.74) is 1.99. The lowest BCUT2D eigenvalue weighted by molar-refractivity contribution is 0.567. The van der Waals surface area contributed by atoms with E-state index < -0.39 is 0 Å². The number of rotatable bonds is 4. The molecule has 0 atom stereocenters. The monoisotopic (exact) mass is 261 g/mol. The summed E-state index contributed by atoms with van der Waals surface area (Å²) in [6, 6.07) is 4.28. The van der Waals surface area contributed by atoms with Gasteiger partial charge in [0.15, 0.2) is 0 Å². The predicted molar refractivity (Wildman–Crippen MR) is 77.3 cm³/mol. The van der Waals surface area contributed by atoms with E-state index in [4.69, 9.17) is 0 Å².